The molecule has 2 N–H and O–H groups in total. The van der Waals surface area contributed by atoms with E-state index < -0.39 is 0 Å². The van der Waals surface area contributed by atoms with Gasteiger partial charge in [0.2, 0.25) is 0 Å². The van der Waals surface area contributed by atoms with Crippen molar-refractivity contribution in [2.24, 2.45) is 0 Å². The molecule has 16 heavy (non-hydrogen) atoms. The Kier molecular flexibility index (Phi) is 2.86. The SMILES string of the molecule is C=CCNC(=O)Nc1ccc2ncoc2c1. The molecular formula is C11H11N3O2. The normalized spacial score (nSPS) is 10.0. The molecule has 2 amide bonds. The van der Waals surface area contributed by atoms with Gasteiger partial charge in [-0.15, -0.1) is 6.58 Å². The number of nitrogens with one attached hydrogen (secondary N) is 2. The number of oxazole rings is 1. The smallest absolute Gasteiger partial charge is 0.319 e. The number of carbonyl (C=O) groups is 1. The van der Waals surface area contributed by atoms with Gasteiger partial charge < -0.3 is 15.1 Å². The van der Waals surface area contributed by atoms with Crippen molar-refractivity contribution in [1.82, 2.24) is 10.3 Å². The number of amides is 2. The van der Waals surface area contributed by atoms with Gasteiger partial charge in [-0.2, -0.15) is 0 Å². The van der Waals surface area contributed by atoms with Crippen LogP contribution >= 0.6 is 0 Å². The molecular weight excluding hydrogens is 206 g/mol. The third-order valence-corrected chi connectivity index (χ3v) is 2.00. The van der Waals surface area contributed by atoms with Crippen molar-refractivity contribution < 1.29 is 9.21 Å². The van der Waals surface area contributed by atoms with Gasteiger partial charge in [0.05, 0.1) is 0 Å². The standard InChI is InChI=1S/C11H11N3O2/c1-2-5-12-11(15)14-8-3-4-9-10(6-8)16-7-13-9/h2-4,6-7H,1,5H2,(H2,12,14,15). The highest BCUT2D eigenvalue weighted by molar-refractivity contribution is 5.91. The Labute approximate surface area is 92.2 Å². The first-order valence-corrected chi connectivity index (χ1v) is 4.78. The molecule has 0 aliphatic carbocycles. The topological polar surface area (TPSA) is 67.2 Å². The van der Waals surface area contributed by atoms with E-state index in [0.29, 0.717) is 17.8 Å². The first-order chi connectivity index (χ1) is 7.79. The number of hydrogen-bond acceptors (Lipinski definition) is 3. The summed E-state index contributed by atoms with van der Waals surface area (Å²) >= 11 is 0. The maximum absolute atomic E-state index is 11.3. The highest BCUT2D eigenvalue weighted by Crippen LogP contribution is 2.17. The second kappa shape index (κ2) is 4.48. The number of urea groups is 1. The average molecular weight is 217 g/mol. The Hall–Kier alpha value is -2.30. The summed E-state index contributed by atoms with van der Waals surface area (Å²) in [6, 6.07) is 4.98. The second-order valence-corrected chi connectivity index (χ2v) is 3.16. The van der Waals surface area contributed by atoms with Gasteiger partial charge in [-0.25, -0.2) is 9.78 Å². The Bertz CT molecular complexity index is 519. The highest BCUT2D eigenvalue weighted by Gasteiger charge is 2.03. The van der Waals surface area contributed by atoms with Gasteiger partial charge in [0, 0.05) is 18.3 Å². The van der Waals surface area contributed by atoms with E-state index >= 15 is 0 Å². The number of hydrogen-bond donors (Lipinski definition) is 2. The lowest BCUT2D eigenvalue weighted by Gasteiger charge is -2.04. The van der Waals surface area contributed by atoms with Crippen LogP contribution in [0.15, 0.2) is 41.7 Å². The van der Waals surface area contributed by atoms with Gasteiger partial charge in [0.15, 0.2) is 12.0 Å². The Balaban J connectivity index is 2.08. The fourth-order valence-electron chi connectivity index (χ4n) is 1.27. The van der Waals surface area contributed by atoms with Crippen molar-refractivity contribution in [2.75, 3.05) is 11.9 Å². The van der Waals surface area contributed by atoms with Crippen LogP contribution < -0.4 is 10.6 Å². The highest BCUT2D eigenvalue weighted by atomic mass is 16.3. The fourth-order valence-corrected chi connectivity index (χ4v) is 1.27. The van der Waals surface area contributed by atoms with Gasteiger partial charge in [-0.3, -0.25) is 0 Å². The average Bonchev–Trinajstić information content (AvgIpc) is 2.73. The lowest BCUT2D eigenvalue weighted by molar-refractivity contribution is 0.253. The number of aromatic nitrogens is 1. The lowest BCUT2D eigenvalue weighted by Crippen LogP contribution is -2.28. The van der Waals surface area contributed by atoms with Crippen LogP contribution in [0.3, 0.4) is 0 Å². The first kappa shape index (κ1) is 10.2. The molecule has 0 radical (unpaired) electrons. The van der Waals surface area contributed by atoms with Gasteiger partial charge in [0.1, 0.15) is 5.52 Å². The monoisotopic (exact) mass is 217 g/mol. The molecule has 0 spiro atoms. The van der Waals surface area contributed by atoms with Crippen LogP contribution in [0.2, 0.25) is 0 Å². The van der Waals surface area contributed by atoms with Crippen LogP contribution in [0.4, 0.5) is 10.5 Å². The first-order valence-electron chi connectivity index (χ1n) is 4.78. The summed E-state index contributed by atoms with van der Waals surface area (Å²) < 4.78 is 5.12. The lowest BCUT2D eigenvalue weighted by atomic mass is 10.3. The zero-order valence-corrected chi connectivity index (χ0v) is 8.56. The quantitative estimate of drug-likeness (QED) is 0.774. The van der Waals surface area contributed by atoms with Gasteiger partial charge >= 0.3 is 6.03 Å². The van der Waals surface area contributed by atoms with E-state index in [1.54, 1.807) is 24.3 Å². The maximum Gasteiger partial charge on any atom is 0.319 e. The van der Waals surface area contributed by atoms with Crippen molar-refractivity contribution in [3.05, 3.63) is 37.2 Å². The maximum atomic E-state index is 11.3. The van der Waals surface area contributed by atoms with Crippen LogP contribution in [0, 0.1) is 0 Å². The summed E-state index contributed by atoms with van der Waals surface area (Å²) in [5.41, 5.74) is 2.06. The molecule has 1 heterocycles. The summed E-state index contributed by atoms with van der Waals surface area (Å²) in [6.45, 7) is 3.93. The van der Waals surface area contributed by atoms with E-state index in [0.717, 1.165) is 5.52 Å². The van der Waals surface area contributed by atoms with Crippen molar-refractivity contribution in [3.8, 4) is 0 Å². The summed E-state index contributed by atoms with van der Waals surface area (Å²) in [5, 5.41) is 5.28. The third-order valence-electron chi connectivity index (χ3n) is 2.00. The van der Waals surface area contributed by atoms with E-state index in [9.17, 15) is 4.79 Å². The molecule has 82 valence electrons. The molecule has 5 heteroatoms. The molecule has 1 aromatic heterocycles. The van der Waals surface area contributed by atoms with Gasteiger partial charge in [-0.05, 0) is 12.1 Å². The van der Waals surface area contributed by atoms with Crippen molar-refractivity contribution in [1.29, 1.82) is 0 Å². The zero-order valence-electron chi connectivity index (χ0n) is 8.56. The summed E-state index contributed by atoms with van der Waals surface area (Å²) in [4.78, 5) is 15.3. The molecule has 0 bridgehead atoms. The molecule has 0 aliphatic heterocycles. The number of carbonyl (C=O) groups excluding carboxylic acids is 1. The number of nitrogens with zero attached hydrogens (tertiary/aromatic N) is 1. The third kappa shape index (κ3) is 2.20. The van der Waals surface area contributed by atoms with E-state index in [1.807, 2.05) is 0 Å². The summed E-state index contributed by atoms with van der Waals surface area (Å²) in [6.07, 6.45) is 2.98. The predicted octanol–water partition coefficient (Wildman–Crippen LogP) is 2.14. The van der Waals surface area contributed by atoms with Crippen LogP contribution in [0.25, 0.3) is 11.1 Å². The van der Waals surface area contributed by atoms with E-state index in [1.165, 1.54) is 6.39 Å². The number of anilines is 1. The second-order valence-electron chi connectivity index (χ2n) is 3.16. The molecule has 5 nitrogen and oxygen atoms in total. The predicted molar refractivity (Wildman–Crippen MR) is 61.2 cm³/mol. The zero-order chi connectivity index (χ0) is 11.4. The van der Waals surface area contributed by atoms with Gasteiger partial charge in [-0.1, -0.05) is 6.08 Å². The largest absolute Gasteiger partial charge is 0.443 e. The van der Waals surface area contributed by atoms with E-state index in [2.05, 4.69) is 22.2 Å². The summed E-state index contributed by atoms with van der Waals surface area (Å²) in [7, 11) is 0. The van der Waals surface area contributed by atoms with Crippen molar-refractivity contribution in [2.45, 2.75) is 0 Å². The van der Waals surface area contributed by atoms with Gasteiger partial charge in [0.25, 0.3) is 0 Å². The minimum Gasteiger partial charge on any atom is -0.443 e. The van der Waals surface area contributed by atoms with Crippen molar-refractivity contribution in [3.63, 3.8) is 0 Å². The van der Waals surface area contributed by atoms with E-state index in [-0.39, 0.29) is 6.03 Å². The molecule has 0 saturated carbocycles. The van der Waals surface area contributed by atoms with Crippen LogP contribution in [-0.4, -0.2) is 17.6 Å². The number of fused-ring (bicyclic) bond motifs is 1. The van der Waals surface area contributed by atoms with Crippen LogP contribution in [0.5, 0.6) is 0 Å². The summed E-state index contributed by atoms with van der Waals surface area (Å²) in [5.74, 6) is 0. The van der Waals surface area contributed by atoms with Crippen LogP contribution in [0.1, 0.15) is 0 Å². The molecule has 0 atom stereocenters. The van der Waals surface area contributed by atoms with Crippen molar-refractivity contribution >= 4 is 22.8 Å². The number of benzene rings is 1. The van der Waals surface area contributed by atoms with E-state index in [4.69, 9.17) is 4.42 Å². The molecule has 0 saturated heterocycles. The molecule has 0 unspecified atom stereocenters. The number of rotatable bonds is 3. The molecule has 2 aromatic rings. The Morgan fingerprint density at radius 2 is 2.44 bits per heavy atom. The Morgan fingerprint density at radius 1 is 1.56 bits per heavy atom. The fraction of sp³-hybridized carbons (Fsp3) is 0.0909. The molecule has 1 aromatic carbocycles. The Morgan fingerprint density at radius 3 is 3.25 bits per heavy atom. The molecule has 0 fully saturated rings. The minimum atomic E-state index is -0.279. The minimum absolute atomic E-state index is 0.279. The molecule has 0 aliphatic rings. The van der Waals surface area contributed by atoms with Crippen LogP contribution in [-0.2, 0) is 0 Å². The molecule has 2 rings (SSSR count).